The zero-order valence-electron chi connectivity index (χ0n) is 14.8. The van der Waals surface area contributed by atoms with Crippen LogP contribution in [0.4, 0.5) is 0 Å². The molecule has 3 aromatic carbocycles. The minimum Gasteiger partial charge on any atom is -0.508 e. The number of phenols is 1. The van der Waals surface area contributed by atoms with Gasteiger partial charge >= 0.3 is 11.9 Å². The van der Waals surface area contributed by atoms with Gasteiger partial charge in [0.2, 0.25) is 0 Å². The number of alkyl halides is 1. The molecule has 2 aliphatic rings. The maximum atomic E-state index is 12.7. The molecule has 144 valence electrons. The molecule has 0 aromatic heterocycles. The van der Waals surface area contributed by atoms with Crippen LogP contribution in [-0.4, -0.2) is 21.5 Å². The van der Waals surface area contributed by atoms with Gasteiger partial charge in [-0.2, -0.15) is 0 Å². The van der Waals surface area contributed by atoms with Crippen molar-refractivity contribution in [3.63, 3.8) is 0 Å². The third-order valence-electron chi connectivity index (χ3n) is 5.01. The molecule has 0 bridgehead atoms. The average molecular weight is 500 g/mol. The highest BCUT2D eigenvalue weighted by molar-refractivity contribution is 14.1. The van der Waals surface area contributed by atoms with E-state index >= 15 is 0 Å². The second kappa shape index (κ2) is 6.48. The van der Waals surface area contributed by atoms with Gasteiger partial charge < -0.3 is 19.3 Å². The van der Waals surface area contributed by atoms with Crippen molar-refractivity contribution in [1.82, 2.24) is 0 Å². The molecule has 29 heavy (non-hydrogen) atoms. The van der Waals surface area contributed by atoms with E-state index in [2.05, 4.69) is 0 Å². The first-order chi connectivity index (χ1) is 14.0. The van der Waals surface area contributed by atoms with E-state index in [-0.39, 0.29) is 16.1 Å². The Kier molecular flexibility index (Phi) is 4.02. The highest BCUT2D eigenvalue weighted by atomic mass is 127. The largest absolute Gasteiger partial charge is 0.508 e. The summed E-state index contributed by atoms with van der Waals surface area (Å²) in [5, 5.41) is 9.96. The third-order valence-corrected chi connectivity index (χ3v) is 5.63. The van der Waals surface area contributed by atoms with Crippen LogP contribution >= 0.6 is 22.6 Å². The Labute approximate surface area is 179 Å². The predicted octanol–water partition coefficient (Wildman–Crippen LogP) is 4.30. The van der Waals surface area contributed by atoms with Gasteiger partial charge in [-0.1, -0.05) is 40.8 Å². The number of rotatable bonds is 2. The number of ether oxygens (including phenoxy) is 3. The quantitative estimate of drug-likeness (QED) is 0.245. The smallest absolute Gasteiger partial charge is 0.340 e. The molecule has 0 saturated carbocycles. The Morgan fingerprint density at radius 1 is 1.00 bits per heavy atom. The zero-order valence-corrected chi connectivity index (χ0v) is 17.0. The van der Waals surface area contributed by atoms with Gasteiger partial charge in [0.05, 0.1) is 9.99 Å². The van der Waals surface area contributed by atoms with Crippen molar-refractivity contribution in [1.29, 1.82) is 0 Å². The van der Waals surface area contributed by atoms with E-state index in [1.807, 2.05) is 34.7 Å². The Morgan fingerprint density at radius 3 is 2.52 bits per heavy atom. The molecule has 7 heteroatoms. The molecule has 6 nitrogen and oxygen atoms in total. The Balaban J connectivity index is 1.77. The van der Waals surface area contributed by atoms with E-state index < -0.39 is 11.6 Å². The van der Waals surface area contributed by atoms with E-state index in [9.17, 15) is 14.7 Å². The molecule has 1 atom stereocenters. The summed E-state index contributed by atoms with van der Waals surface area (Å²) in [6.45, 7) is 0. The van der Waals surface area contributed by atoms with Crippen molar-refractivity contribution in [2.75, 3.05) is 4.43 Å². The van der Waals surface area contributed by atoms with Gasteiger partial charge in [-0.05, 0) is 30.3 Å². The maximum absolute atomic E-state index is 12.7. The molecule has 2 aliphatic heterocycles. The first kappa shape index (κ1) is 18.0. The van der Waals surface area contributed by atoms with Crippen molar-refractivity contribution in [2.45, 2.75) is 5.60 Å². The van der Waals surface area contributed by atoms with Gasteiger partial charge in [-0.15, -0.1) is 0 Å². The predicted molar refractivity (Wildman–Crippen MR) is 111 cm³/mol. The highest BCUT2D eigenvalue weighted by Gasteiger charge is 2.53. The number of aromatic hydroxyl groups is 1. The van der Waals surface area contributed by atoms with Crippen molar-refractivity contribution in [3.05, 3.63) is 82.9 Å². The maximum Gasteiger partial charge on any atom is 0.340 e. The van der Waals surface area contributed by atoms with Gasteiger partial charge in [0.1, 0.15) is 23.0 Å². The number of hydrogen-bond donors (Lipinski definition) is 1. The molecule has 0 amide bonds. The molecule has 1 spiro atoms. The lowest BCUT2D eigenvalue weighted by Crippen LogP contribution is -2.33. The molecule has 1 N–H and O–H groups in total. The van der Waals surface area contributed by atoms with Crippen molar-refractivity contribution < 1.29 is 28.9 Å². The summed E-state index contributed by atoms with van der Waals surface area (Å²) in [6.07, 6.45) is 0. The number of esters is 2. The van der Waals surface area contributed by atoms with E-state index in [1.54, 1.807) is 36.4 Å². The van der Waals surface area contributed by atoms with Gasteiger partial charge in [-0.3, -0.25) is 4.79 Å². The van der Waals surface area contributed by atoms with Crippen LogP contribution in [0.3, 0.4) is 0 Å². The fourth-order valence-corrected chi connectivity index (χ4v) is 4.02. The van der Waals surface area contributed by atoms with E-state index in [1.165, 1.54) is 12.1 Å². The van der Waals surface area contributed by atoms with Gasteiger partial charge in [-0.25, -0.2) is 4.79 Å². The van der Waals surface area contributed by atoms with Gasteiger partial charge in [0.25, 0.3) is 0 Å². The number of fused-ring (bicyclic) bond motifs is 6. The van der Waals surface area contributed by atoms with Crippen molar-refractivity contribution in [2.24, 2.45) is 0 Å². The standard InChI is InChI=1S/C22H13IO6/c23-11-20(25)27-13-6-8-17-19(10-13)28-18-9-12(24)5-7-16(18)22(17)15-4-2-1-3-14(15)21(26)29-22/h1-10,24H,11H2. The summed E-state index contributed by atoms with van der Waals surface area (Å²) < 4.78 is 17.5. The molecule has 0 radical (unpaired) electrons. The molecular weight excluding hydrogens is 487 g/mol. The molecule has 5 rings (SSSR count). The summed E-state index contributed by atoms with van der Waals surface area (Å²) in [6, 6.07) is 16.8. The number of benzene rings is 3. The minimum atomic E-state index is -1.21. The van der Waals surface area contributed by atoms with E-state index in [4.69, 9.17) is 14.2 Å². The van der Waals surface area contributed by atoms with Crippen LogP contribution in [0.15, 0.2) is 60.7 Å². The molecule has 0 saturated heterocycles. The van der Waals surface area contributed by atoms with Crippen LogP contribution in [0, 0.1) is 0 Å². The van der Waals surface area contributed by atoms with Crippen LogP contribution in [0.5, 0.6) is 23.0 Å². The summed E-state index contributed by atoms with van der Waals surface area (Å²) in [7, 11) is 0. The minimum absolute atomic E-state index is 0.0208. The topological polar surface area (TPSA) is 82.1 Å². The van der Waals surface area contributed by atoms with Crippen LogP contribution < -0.4 is 9.47 Å². The summed E-state index contributed by atoms with van der Waals surface area (Å²) >= 11 is 1.92. The zero-order chi connectivity index (χ0) is 20.2. The SMILES string of the molecule is O=C(CI)Oc1ccc2c(c1)Oc1cc(O)ccc1C21OC(=O)c2ccccc21. The third kappa shape index (κ3) is 2.61. The number of phenolic OH excluding ortho intramolecular Hbond substituents is 1. The molecule has 1 unspecified atom stereocenters. The number of halogens is 1. The van der Waals surface area contributed by atoms with Crippen LogP contribution in [-0.2, 0) is 15.1 Å². The van der Waals surface area contributed by atoms with Crippen molar-refractivity contribution >= 4 is 34.5 Å². The highest BCUT2D eigenvalue weighted by Crippen LogP contribution is 2.56. The molecule has 0 fully saturated rings. The summed E-state index contributed by atoms with van der Waals surface area (Å²) in [4.78, 5) is 24.4. The molecule has 0 aliphatic carbocycles. The second-order valence-corrected chi connectivity index (χ2v) is 7.43. The average Bonchev–Trinajstić information content (AvgIpc) is 3.01. The number of carbonyl (C=O) groups is 2. The van der Waals surface area contributed by atoms with Gasteiger partial charge in [0.15, 0.2) is 5.60 Å². The molecule has 2 heterocycles. The lowest BCUT2D eigenvalue weighted by atomic mass is 9.77. The fraction of sp³-hybridized carbons (Fsp3) is 0.0909. The second-order valence-electron chi connectivity index (χ2n) is 6.66. The van der Waals surface area contributed by atoms with Crippen molar-refractivity contribution in [3.8, 4) is 23.0 Å². The lowest BCUT2D eigenvalue weighted by molar-refractivity contribution is -0.131. The molecule has 3 aromatic rings. The van der Waals surface area contributed by atoms with Crippen LogP contribution in [0.2, 0.25) is 0 Å². The molecular formula is C22H13IO6. The first-order valence-electron chi connectivity index (χ1n) is 8.78. The Hall–Kier alpha value is -3.07. The van der Waals surface area contributed by atoms with Crippen LogP contribution in [0.1, 0.15) is 27.0 Å². The monoisotopic (exact) mass is 500 g/mol. The normalized spacial score (nSPS) is 18.3. The lowest BCUT2D eigenvalue weighted by Gasteiger charge is -2.36. The summed E-state index contributed by atoms with van der Waals surface area (Å²) in [5.41, 5.74) is 1.18. The Morgan fingerprint density at radius 2 is 1.72 bits per heavy atom. The Bertz CT molecular complexity index is 1190. The fourth-order valence-electron chi connectivity index (χ4n) is 3.87. The summed E-state index contributed by atoms with van der Waals surface area (Å²) in [5.74, 6) is 0.264. The first-order valence-corrected chi connectivity index (χ1v) is 10.3. The number of carbonyl (C=O) groups excluding carboxylic acids is 2. The van der Waals surface area contributed by atoms with Gasteiger partial charge in [0, 0.05) is 28.8 Å². The number of hydrogen-bond acceptors (Lipinski definition) is 6. The van der Waals surface area contributed by atoms with E-state index in [0.717, 1.165) is 0 Å². The van der Waals surface area contributed by atoms with Crippen LogP contribution in [0.25, 0.3) is 0 Å². The van der Waals surface area contributed by atoms with E-state index in [0.29, 0.717) is 39.5 Å².